The van der Waals surface area contributed by atoms with Crippen molar-refractivity contribution < 1.29 is 4.79 Å². The number of fused-ring (bicyclic) bond motifs is 1. The maximum Gasteiger partial charge on any atom is 0.251 e. The summed E-state index contributed by atoms with van der Waals surface area (Å²) >= 11 is 6.01. The Balaban J connectivity index is 2.64. The van der Waals surface area contributed by atoms with Gasteiger partial charge in [0.05, 0.1) is 10.5 Å². The summed E-state index contributed by atoms with van der Waals surface area (Å²) in [6.07, 6.45) is 1.64. The van der Waals surface area contributed by atoms with Crippen LogP contribution >= 0.6 is 11.6 Å². The highest BCUT2D eigenvalue weighted by atomic mass is 35.5. The zero-order valence-electron chi connectivity index (χ0n) is 8.12. The van der Waals surface area contributed by atoms with Crippen molar-refractivity contribution in [3.63, 3.8) is 0 Å². The number of pyridine rings is 1. The van der Waals surface area contributed by atoms with E-state index in [-0.39, 0.29) is 5.91 Å². The molecule has 0 aliphatic heterocycles. The van der Waals surface area contributed by atoms with Crippen molar-refractivity contribution in [2.75, 3.05) is 7.05 Å². The van der Waals surface area contributed by atoms with Gasteiger partial charge in [-0.15, -0.1) is 0 Å². The van der Waals surface area contributed by atoms with E-state index < -0.39 is 0 Å². The number of hydrogen-bond donors (Lipinski definition) is 1. The van der Waals surface area contributed by atoms with Gasteiger partial charge in [-0.05, 0) is 24.3 Å². The van der Waals surface area contributed by atoms with Crippen LogP contribution in [-0.2, 0) is 0 Å². The van der Waals surface area contributed by atoms with Gasteiger partial charge >= 0.3 is 0 Å². The fourth-order valence-electron chi connectivity index (χ4n) is 1.40. The van der Waals surface area contributed by atoms with Crippen LogP contribution in [0, 0.1) is 0 Å². The highest BCUT2D eigenvalue weighted by Crippen LogP contribution is 2.22. The fraction of sp³-hybridized carbons (Fsp3) is 0.0909. The first kappa shape index (κ1) is 9.93. The van der Waals surface area contributed by atoms with Gasteiger partial charge < -0.3 is 5.32 Å². The molecule has 0 fully saturated rings. The van der Waals surface area contributed by atoms with Crippen LogP contribution < -0.4 is 5.32 Å². The Morgan fingerprint density at radius 1 is 1.40 bits per heavy atom. The largest absolute Gasteiger partial charge is 0.355 e. The lowest BCUT2D eigenvalue weighted by Crippen LogP contribution is -2.17. The molecule has 76 valence electrons. The molecule has 15 heavy (non-hydrogen) atoms. The summed E-state index contributed by atoms with van der Waals surface area (Å²) in [6, 6.07) is 6.96. The minimum atomic E-state index is -0.128. The Morgan fingerprint density at radius 3 is 2.93 bits per heavy atom. The fourth-order valence-corrected chi connectivity index (χ4v) is 1.61. The van der Waals surface area contributed by atoms with Crippen molar-refractivity contribution in [2.24, 2.45) is 0 Å². The lowest BCUT2D eigenvalue weighted by Gasteiger charge is -2.03. The molecule has 0 aliphatic rings. The first-order chi connectivity index (χ1) is 7.22. The molecule has 1 heterocycles. The van der Waals surface area contributed by atoms with E-state index in [1.807, 2.05) is 0 Å². The number of nitrogens with one attached hydrogen (secondary N) is 1. The molecule has 0 atom stereocenters. The SMILES string of the molecule is CNC(=O)c1ccc2nccc(Cl)c2c1. The number of halogens is 1. The molecule has 0 bridgehead atoms. The van der Waals surface area contributed by atoms with Crippen molar-refractivity contribution in [1.29, 1.82) is 0 Å². The number of rotatable bonds is 1. The van der Waals surface area contributed by atoms with Gasteiger partial charge in [0.25, 0.3) is 5.91 Å². The molecule has 1 aromatic carbocycles. The monoisotopic (exact) mass is 220 g/mol. The van der Waals surface area contributed by atoms with Gasteiger partial charge in [0.15, 0.2) is 0 Å². The lowest BCUT2D eigenvalue weighted by atomic mass is 10.1. The maximum absolute atomic E-state index is 11.4. The Kier molecular flexibility index (Phi) is 2.56. The average molecular weight is 221 g/mol. The second-order valence-corrected chi connectivity index (χ2v) is 3.51. The number of amides is 1. The Morgan fingerprint density at radius 2 is 2.20 bits per heavy atom. The molecule has 0 saturated carbocycles. The zero-order chi connectivity index (χ0) is 10.8. The standard InChI is InChI=1S/C11H9ClN2O/c1-13-11(15)7-2-3-10-8(6-7)9(12)4-5-14-10/h2-6H,1H3,(H,13,15). The van der Waals surface area contributed by atoms with Gasteiger partial charge in [-0.3, -0.25) is 9.78 Å². The highest BCUT2D eigenvalue weighted by Gasteiger charge is 2.06. The maximum atomic E-state index is 11.4. The second kappa shape index (κ2) is 3.87. The van der Waals surface area contributed by atoms with E-state index in [4.69, 9.17) is 11.6 Å². The molecule has 0 aliphatic carbocycles. The van der Waals surface area contributed by atoms with E-state index in [0.29, 0.717) is 10.6 Å². The van der Waals surface area contributed by atoms with Gasteiger partial charge in [-0.2, -0.15) is 0 Å². The second-order valence-electron chi connectivity index (χ2n) is 3.10. The number of hydrogen-bond acceptors (Lipinski definition) is 2. The number of carbonyl (C=O) groups excluding carboxylic acids is 1. The van der Waals surface area contributed by atoms with Crippen LogP contribution in [0.3, 0.4) is 0 Å². The third kappa shape index (κ3) is 1.78. The molecule has 0 unspecified atom stereocenters. The number of benzene rings is 1. The Bertz CT molecular complexity index is 525. The molecule has 2 aromatic rings. The first-order valence-corrected chi connectivity index (χ1v) is 4.86. The Labute approximate surface area is 92.1 Å². The van der Waals surface area contributed by atoms with Crippen molar-refractivity contribution in [3.05, 3.63) is 41.0 Å². The van der Waals surface area contributed by atoms with Crippen LogP contribution in [0.25, 0.3) is 10.9 Å². The van der Waals surface area contributed by atoms with E-state index in [0.717, 1.165) is 10.9 Å². The van der Waals surface area contributed by atoms with Gasteiger partial charge in [0.2, 0.25) is 0 Å². The topological polar surface area (TPSA) is 42.0 Å². The van der Waals surface area contributed by atoms with Gasteiger partial charge in [0, 0.05) is 24.2 Å². The van der Waals surface area contributed by atoms with E-state index in [9.17, 15) is 4.79 Å². The van der Waals surface area contributed by atoms with Gasteiger partial charge in [-0.25, -0.2) is 0 Å². The van der Waals surface area contributed by atoms with Crippen molar-refractivity contribution in [2.45, 2.75) is 0 Å². The number of nitrogens with zero attached hydrogens (tertiary/aromatic N) is 1. The van der Waals surface area contributed by atoms with Gasteiger partial charge in [-0.1, -0.05) is 11.6 Å². The minimum Gasteiger partial charge on any atom is -0.355 e. The molecule has 1 aromatic heterocycles. The van der Waals surface area contributed by atoms with Crippen molar-refractivity contribution >= 4 is 28.4 Å². The summed E-state index contributed by atoms with van der Waals surface area (Å²) in [4.78, 5) is 15.5. The van der Waals surface area contributed by atoms with Crippen molar-refractivity contribution in [3.8, 4) is 0 Å². The van der Waals surface area contributed by atoms with Crippen LogP contribution in [0.1, 0.15) is 10.4 Å². The zero-order valence-corrected chi connectivity index (χ0v) is 8.88. The van der Waals surface area contributed by atoms with E-state index in [2.05, 4.69) is 10.3 Å². The third-order valence-electron chi connectivity index (χ3n) is 2.18. The highest BCUT2D eigenvalue weighted by molar-refractivity contribution is 6.35. The summed E-state index contributed by atoms with van der Waals surface area (Å²) in [7, 11) is 1.59. The molecular formula is C11H9ClN2O. The molecule has 2 rings (SSSR count). The lowest BCUT2D eigenvalue weighted by molar-refractivity contribution is 0.0963. The average Bonchev–Trinajstić information content (AvgIpc) is 2.28. The predicted octanol–water partition coefficient (Wildman–Crippen LogP) is 2.25. The summed E-state index contributed by atoms with van der Waals surface area (Å²) in [5.74, 6) is -0.128. The first-order valence-electron chi connectivity index (χ1n) is 4.48. The normalized spacial score (nSPS) is 10.3. The third-order valence-corrected chi connectivity index (χ3v) is 2.51. The summed E-state index contributed by atoms with van der Waals surface area (Å²) in [6.45, 7) is 0. The minimum absolute atomic E-state index is 0.128. The molecule has 1 N–H and O–H groups in total. The molecule has 0 saturated heterocycles. The Hall–Kier alpha value is -1.61. The van der Waals surface area contributed by atoms with Crippen LogP contribution in [0.15, 0.2) is 30.5 Å². The van der Waals surface area contributed by atoms with Gasteiger partial charge in [0.1, 0.15) is 0 Å². The van der Waals surface area contributed by atoms with Crippen LogP contribution in [-0.4, -0.2) is 17.9 Å². The van der Waals surface area contributed by atoms with E-state index in [1.165, 1.54) is 0 Å². The molecular weight excluding hydrogens is 212 g/mol. The molecule has 0 spiro atoms. The van der Waals surface area contributed by atoms with Crippen LogP contribution in [0.2, 0.25) is 5.02 Å². The molecule has 0 radical (unpaired) electrons. The van der Waals surface area contributed by atoms with Crippen LogP contribution in [0.4, 0.5) is 0 Å². The predicted molar refractivity (Wildman–Crippen MR) is 60.1 cm³/mol. The van der Waals surface area contributed by atoms with E-state index in [1.54, 1.807) is 37.5 Å². The van der Waals surface area contributed by atoms with E-state index >= 15 is 0 Å². The van der Waals surface area contributed by atoms with Crippen molar-refractivity contribution in [1.82, 2.24) is 10.3 Å². The molecule has 4 heteroatoms. The summed E-state index contributed by atoms with van der Waals surface area (Å²) in [5.41, 5.74) is 1.37. The number of carbonyl (C=O) groups is 1. The molecule has 1 amide bonds. The quantitative estimate of drug-likeness (QED) is 0.801. The summed E-state index contributed by atoms with van der Waals surface area (Å²) in [5, 5.41) is 3.96. The smallest absolute Gasteiger partial charge is 0.251 e. The summed E-state index contributed by atoms with van der Waals surface area (Å²) < 4.78 is 0. The molecule has 3 nitrogen and oxygen atoms in total. The van der Waals surface area contributed by atoms with Crippen LogP contribution in [0.5, 0.6) is 0 Å². The number of aromatic nitrogens is 1.